The van der Waals surface area contributed by atoms with Crippen molar-refractivity contribution in [2.24, 2.45) is 0 Å². The molecule has 0 fully saturated rings. The Labute approximate surface area is 122 Å². The Bertz CT molecular complexity index is 425. The lowest BCUT2D eigenvalue weighted by atomic mass is 9.95. The summed E-state index contributed by atoms with van der Waals surface area (Å²) in [5, 5.41) is 3.37. The lowest BCUT2D eigenvalue weighted by Crippen LogP contribution is -2.20. The van der Waals surface area contributed by atoms with Gasteiger partial charge in [0.05, 0.1) is 25.5 Å². The number of likely N-dealkylation sites (N-methyl/N-ethyl adjacent to an activating group) is 1. The van der Waals surface area contributed by atoms with Gasteiger partial charge in [0.1, 0.15) is 5.75 Å². The van der Waals surface area contributed by atoms with E-state index in [1.54, 1.807) is 0 Å². The van der Waals surface area contributed by atoms with Gasteiger partial charge in [-0.1, -0.05) is 25.5 Å². The molecule has 20 heavy (non-hydrogen) atoms. The Morgan fingerprint density at radius 3 is 2.70 bits per heavy atom. The number of hydrogen-bond acceptors (Lipinski definition) is 3. The van der Waals surface area contributed by atoms with Crippen LogP contribution in [0.25, 0.3) is 0 Å². The highest BCUT2D eigenvalue weighted by Crippen LogP contribution is 2.28. The zero-order valence-electron chi connectivity index (χ0n) is 12.5. The number of unbranched alkanes of at least 4 members (excludes halogenated alkanes) is 1. The second-order valence-electron chi connectivity index (χ2n) is 5.16. The molecule has 1 aliphatic rings. The minimum absolute atomic E-state index is 0.236. The fraction of sp³-hybridized carbons (Fsp3) is 0.529. The van der Waals surface area contributed by atoms with E-state index in [2.05, 4.69) is 36.5 Å². The molecular formula is C17H25NO2. The molecular weight excluding hydrogens is 250 g/mol. The third-order valence-electron chi connectivity index (χ3n) is 3.60. The van der Waals surface area contributed by atoms with Crippen LogP contribution in [-0.2, 0) is 4.74 Å². The van der Waals surface area contributed by atoms with Gasteiger partial charge < -0.3 is 14.8 Å². The summed E-state index contributed by atoms with van der Waals surface area (Å²) in [5.74, 6) is 0.950. The highest BCUT2D eigenvalue weighted by Gasteiger charge is 2.17. The van der Waals surface area contributed by atoms with E-state index in [-0.39, 0.29) is 6.04 Å². The zero-order valence-corrected chi connectivity index (χ0v) is 12.5. The van der Waals surface area contributed by atoms with Gasteiger partial charge >= 0.3 is 0 Å². The van der Waals surface area contributed by atoms with Gasteiger partial charge in [0, 0.05) is 0 Å². The molecule has 1 N–H and O–H groups in total. The molecule has 0 spiro atoms. The lowest BCUT2D eigenvalue weighted by Gasteiger charge is -2.23. The summed E-state index contributed by atoms with van der Waals surface area (Å²) >= 11 is 0. The maximum atomic E-state index is 5.70. The number of benzene rings is 1. The number of rotatable bonds is 7. The molecule has 0 amide bonds. The summed E-state index contributed by atoms with van der Waals surface area (Å²) in [6, 6.07) is 8.62. The van der Waals surface area contributed by atoms with Crippen molar-refractivity contribution in [3.8, 4) is 5.75 Å². The normalized spacial score (nSPS) is 16.2. The van der Waals surface area contributed by atoms with Gasteiger partial charge in [-0.05, 0) is 49.6 Å². The average molecular weight is 275 g/mol. The van der Waals surface area contributed by atoms with E-state index in [4.69, 9.17) is 9.47 Å². The molecule has 1 heterocycles. The Kier molecular flexibility index (Phi) is 5.93. The first-order chi connectivity index (χ1) is 9.85. The summed E-state index contributed by atoms with van der Waals surface area (Å²) in [6.45, 7) is 3.80. The Morgan fingerprint density at radius 2 is 2.10 bits per heavy atom. The minimum atomic E-state index is 0.236. The third kappa shape index (κ3) is 4.01. The van der Waals surface area contributed by atoms with Crippen molar-refractivity contribution < 1.29 is 9.47 Å². The molecule has 0 bridgehead atoms. The topological polar surface area (TPSA) is 30.5 Å². The first kappa shape index (κ1) is 14.9. The summed E-state index contributed by atoms with van der Waals surface area (Å²) in [5.41, 5.74) is 2.57. The summed E-state index contributed by atoms with van der Waals surface area (Å²) < 4.78 is 11.1. The van der Waals surface area contributed by atoms with Crippen molar-refractivity contribution in [2.45, 2.75) is 38.6 Å². The molecule has 3 nitrogen and oxygen atoms in total. The smallest absolute Gasteiger partial charge is 0.119 e. The van der Waals surface area contributed by atoms with E-state index in [0.29, 0.717) is 0 Å². The molecule has 1 atom stereocenters. The standard InChI is InChI=1S/C17H25NO2/c1-3-4-12-20-16-9-7-14(8-10-16)17(18-2)15-6-5-11-19-13-15/h7-10,13,17-18H,3-6,11-12H2,1-2H3. The van der Waals surface area contributed by atoms with E-state index in [1.165, 1.54) is 11.1 Å². The zero-order chi connectivity index (χ0) is 14.2. The molecule has 3 heteroatoms. The fourth-order valence-corrected chi connectivity index (χ4v) is 2.45. The average Bonchev–Trinajstić information content (AvgIpc) is 2.51. The van der Waals surface area contributed by atoms with Crippen molar-refractivity contribution in [3.05, 3.63) is 41.7 Å². The van der Waals surface area contributed by atoms with Crippen LogP contribution < -0.4 is 10.1 Å². The molecule has 1 aromatic carbocycles. The van der Waals surface area contributed by atoms with Crippen LogP contribution in [-0.4, -0.2) is 20.3 Å². The van der Waals surface area contributed by atoms with E-state index in [9.17, 15) is 0 Å². The highest BCUT2D eigenvalue weighted by molar-refractivity contribution is 5.33. The molecule has 0 aromatic heterocycles. The molecule has 0 radical (unpaired) electrons. The van der Waals surface area contributed by atoms with E-state index >= 15 is 0 Å². The van der Waals surface area contributed by atoms with Crippen molar-refractivity contribution in [1.29, 1.82) is 0 Å². The second kappa shape index (κ2) is 7.95. The fourth-order valence-electron chi connectivity index (χ4n) is 2.45. The highest BCUT2D eigenvalue weighted by atomic mass is 16.5. The van der Waals surface area contributed by atoms with Gasteiger partial charge in [-0.2, -0.15) is 0 Å². The van der Waals surface area contributed by atoms with Crippen LogP contribution in [0.1, 0.15) is 44.2 Å². The summed E-state index contributed by atoms with van der Waals surface area (Å²) in [7, 11) is 1.99. The van der Waals surface area contributed by atoms with Gasteiger partial charge in [0.15, 0.2) is 0 Å². The lowest BCUT2D eigenvalue weighted by molar-refractivity contribution is 0.220. The van der Waals surface area contributed by atoms with Crippen LogP contribution in [0.2, 0.25) is 0 Å². The van der Waals surface area contributed by atoms with Crippen LogP contribution in [0, 0.1) is 0 Å². The van der Waals surface area contributed by atoms with Crippen molar-refractivity contribution in [2.75, 3.05) is 20.3 Å². The summed E-state index contributed by atoms with van der Waals surface area (Å²) in [4.78, 5) is 0. The van der Waals surface area contributed by atoms with Gasteiger partial charge in [-0.3, -0.25) is 0 Å². The molecule has 110 valence electrons. The van der Waals surface area contributed by atoms with Crippen molar-refractivity contribution in [3.63, 3.8) is 0 Å². The molecule has 1 aromatic rings. The van der Waals surface area contributed by atoms with Gasteiger partial charge in [0.2, 0.25) is 0 Å². The van der Waals surface area contributed by atoms with Crippen molar-refractivity contribution >= 4 is 0 Å². The third-order valence-corrected chi connectivity index (χ3v) is 3.60. The maximum absolute atomic E-state index is 5.70. The Hall–Kier alpha value is -1.48. The second-order valence-corrected chi connectivity index (χ2v) is 5.16. The van der Waals surface area contributed by atoms with Crippen LogP contribution in [0.5, 0.6) is 5.75 Å². The molecule has 0 saturated heterocycles. The number of hydrogen-bond donors (Lipinski definition) is 1. The molecule has 1 unspecified atom stereocenters. The quantitative estimate of drug-likeness (QED) is 0.767. The molecule has 2 rings (SSSR count). The summed E-state index contributed by atoms with van der Waals surface area (Å²) in [6.07, 6.45) is 6.37. The molecule has 0 saturated carbocycles. The first-order valence-electron chi connectivity index (χ1n) is 7.55. The first-order valence-corrected chi connectivity index (χ1v) is 7.55. The van der Waals surface area contributed by atoms with E-state index in [0.717, 1.165) is 44.6 Å². The van der Waals surface area contributed by atoms with Crippen LogP contribution in [0.3, 0.4) is 0 Å². The van der Waals surface area contributed by atoms with E-state index in [1.807, 2.05) is 13.3 Å². The largest absolute Gasteiger partial charge is 0.501 e. The van der Waals surface area contributed by atoms with Gasteiger partial charge in [-0.15, -0.1) is 0 Å². The molecule has 0 aliphatic carbocycles. The Morgan fingerprint density at radius 1 is 1.30 bits per heavy atom. The minimum Gasteiger partial charge on any atom is -0.501 e. The number of ether oxygens (including phenoxy) is 2. The van der Waals surface area contributed by atoms with Gasteiger partial charge in [-0.25, -0.2) is 0 Å². The predicted octanol–water partition coefficient (Wildman–Crippen LogP) is 3.82. The number of nitrogens with one attached hydrogen (secondary N) is 1. The van der Waals surface area contributed by atoms with Crippen LogP contribution >= 0.6 is 0 Å². The SMILES string of the molecule is CCCCOc1ccc(C(NC)C2=COCCC2)cc1. The van der Waals surface area contributed by atoms with Crippen LogP contribution in [0.4, 0.5) is 0 Å². The monoisotopic (exact) mass is 275 g/mol. The van der Waals surface area contributed by atoms with Gasteiger partial charge in [0.25, 0.3) is 0 Å². The van der Waals surface area contributed by atoms with E-state index < -0.39 is 0 Å². The predicted molar refractivity (Wildman–Crippen MR) is 81.9 cm³/mol. The maximum Gasteiger partial charge on any atom is 0.119 e. The van der Waals surface area contributed by atoms with Crippen LogP contribution in [0.15, 0.2) is 36.1 Å². The molecule has 1 aliphatic heterocycles. The van der Waals surface area contributed by atoms with Crippen molar-refractivity contribution in [1.82, 2.24) is 5.32 Å². The Balaban J connectivity index is 2.01.